The molecule has 0 saturated heterocycles. The molecule has 13 heteroatoms. The number of carbonyl (C=O) groups is 3. The second-order valence-electron chi connectivity index (χ2n) is 10.8. The van der Waals surface area contributed by atoms with Crippen LogP contribution in [-0.2, 0) is 38.0 Å². The third-order valence-electron chi connectivity index (χ3n) is 7.47. The molecule has 1 unspecified atom stereocenters. The fraction of sp³-hybridized carbons (Fsp3) is 0.410. The van der Waals surface area contributed by atoms with Crippen LogP contribution in [0.15, 0.2) is 94.6 Å². The highest BCUT2D eigenvalue weighted by Gasteiger charge is 2.35. The van der Waals surface area contributed by atoms with Crippen LogP contribution in [0.4, 0.5) is 4.79 Å². The van der Waals surface area contributed by atoms with Gasteiger partial charge in [0, 0.05) is 20.6 Å². The quantitative estimate of drug-likeness (QED) is 0.0363. The molecule has 1 amide bonds. The third-order valence-corrected chi connectivity index (χ3v) is 8.72. The van der Waals surface area contributed by atoms with Crippen molar-refractivity contribution in [3.05, 3.63) is 105 Å². The van der Waals surface area contributed by atoms with Gasteiger partial charge in [0.25, 0.3) is 5.24 Å². The van der Waals surface area contributed by atoms with Crippen LogP contribution in [0.1, 0.15) is 52.5 Å². The van der Waals surface area contributed by atoms with Gasteiger partial charge in [-0.3, -0.25) is 14.4 Å². The number of halogens is 1. The molecule has 52 heavy (non-hydrogen) atoms. The van der Waals surface area contributed by atoms with Crippen molar-refractivity contribution >= 4 is 46.2 Å². The third kappa shape index (κ3) is 13.6. The summed E-state index contributed by atoms with van der Waals surface area (Å²) in [5, 5.41) is 2.49. The topological polar surface area (TPSA) is 128 Å². The Morgan fingerprint density at radius 2 is 1.77 bits per heavy atom. The first kappa shape index (κ1) is 45.6. The molecule has 1 heterocycles. The van der Waals surface area contributed by atoms with Crippen molar-refractivity contribution in [3.63, 3.8) is 0 Å². The van der Waals surface area contributed by atoms with Crippen molar-refractivity contribution in [3.8, 4) is 5.75 Å². The van der Waals surface area contributed by atoms with E-state index in [-0.39, 0.29) is 35.8 Å². The highest BCUT2D eigenvalue weighted by atomic mass is 35.5. The standard InChI is InChI=1S/C37H48ClNO10S.C2H4/c1-10-11-28(33(22-40)50-37(42)39-5)26-12-14-31(29(38)21-26)47-18-19-48-36-34(41)24(3)30(15-13-27(45-8)16-17-43-6)49-35(36)23(2)20-32(46-9)25(4)44-7;1-2/h12,14-16,20-22,24H,10-11,13,17-19H2,1-9H3,(H,39,42);1-2H2/b23-20+,27-16+,30-15+,32-25-,33-28-;. The summed E-state index contributed by atoms with van der Waals surface area (Å²) < 4.78 is 39.7. The minimum Gasteiger partial charge on any atom is -0.501 e. The van der Waals surface area contributed by atoms with Crippen LogP contribution >= 0.6 is 23.4 Å². The molecule has 1 aromatic rings. The van der Waals surface area contributed by atoms with Crippen LogP contribution in [0.25, 0.3) is 5.57 Å². The van der Waals surface area contributed by atoms with Gasteiger partial charge in [-0.1, -0.05) is 31.0 Å². The summed E-state index contributed by atoms with van der Waals surface area (Å²) in [6, 6.07) is 5.17. The number of methoxy groups -OCH3 is 4. The Morgan fingerprint density at radius 3 is 2.33 bits per heavy atom. The molecule has 2 rings (SSSR count). The van der Waals surface area contributed by atoms with Crippen LogP contribution in [0, 0.1) is 5.92 Å². The van der Waals surface area contributed by atoms with E-state index >= 15 is 0 Å². The van der Waals surface area contributed by atoms with E-state index in [2.05, 4.69) is 18.5 Å². The lowest BCUT2D eigenvalue weighted by atomic mass is 9.96. The van der Waals surface area contributed by atoms with E-state index in [0.717, 1.165) is 18.2 Å². The number of nitrogens with one attached hydrogen (secondary N) is 1. The molecule has 1 aliphatic rings. The molecule has 0 spiro atoms. The normalized spacial score (nSPS) is 16.5. The molecular weight excluding hydrogens is 710 g/mol. The Kier molecular flexibility index (Phi) is 21.7. The Hall–Kier alpha value is -4.39. The number of thioether (sulfide) groups is 1. The minimum absolute atomic E-state index is 0.00175. The lowest BCUT2D eigenvalue weighted by Gasteiger charge is -2.27. The van der Waals surface area contributed by atoms with E-state index in [1.807, 2.05) is 13.0 Å². The maximum absolute atomic E-state index is 13.7. The molecule has 1 N–H and O–H groups in total. The first-order chi connectivity index (χ1) is 25.0. The monoisotopic (exact) mass is 761 g/mol. The van der Waals surface area contributed by atoms with E-state index in [0.29, 0.717) is 81.2 Å². The summed E-state index contributed by atoms with van der Waals surface area (Å²) in [5.74, 6) is 1.86. The second kappa shape index (κ2) is 24.7. The molecule has 0 bridgehead atoms. The molecule has 0 aliphatic carbocycles. The molecule has 11 nitrogen and oxygen atoms in total. The van der Waals surface area contributed by atoms with Gasteiger partial charge in [0.05, 0.1) is 49.5 Å². The van der Waals surface area contributed by atoms with E-state index < -0.39 is 5.92 Å². The number of hydrogen-bond donors (Lipinski definition) is 1. The number of carbonyl (C=O) groups excluding carboxylic acids is 3. The maximum Gasteiger partial charge on any atom is 0.283 e. The zero-order valence-electron chi connectivity index (χ0n) is 31.6. The number of ketones is 1. The molecule has 0 radical (unpaired) electrons. The Labute approximate surface area is 317 Å². The van der Waals surface area contributed by atoms with Gasteiger partial charge in [-0.15, -0.1) is 13.2 Å². The van der Waals surface area contributed by atoms with Gasteiger partial charge < -0.3 is 38.5 Å². The number of aldehydes is 1. The van der Waals surface area contributed by atoms with Gasteiger partial charge in [-0.2, -0.15) is 0 Å². The average molecular weight is 762 g/mol. The van der Waals surface area contributed by atoms with E-state index in [4.69, 9.17) is 44.8 Å². The van der Waals surface area contributed by atoms with Gasteiger partial charge in [0.1, 0.15) is 30.5 Å². The highest BCUT2D eigenvalue weighted by molar-refractivity contribution is 8.17. The lowest BCUT2D eigenvalue weighted by Crippen LogP contribution is -2.27. The largest absolute Gasteiger partial charge is 0.501 e. The number of ether oxygens (including phenoxy) is 7. The van der Waals surface area contributed by atoms with Crippen molar-refractivity contribution in [1.82, 2.24) is 5.32 Å². The molecule has 0 fully saturated rings. The fourth-order valence-corrected chi connectivity index (χ4v) is 5.60. The Morgan fingerprint density at radius 1 is 1.08 bits per heavy atom. The van der Waals surface area contributed by atoms with Crippen LogP contribution in [0.2, 0.25) is 5.02 Å². The maximum atomic E-state index is 13.7. The van der Waals surface area contributed by atoms with Gasteiger partial charge in [0.2, 0.25) is 11.5 Å². The number of benzene rings is 1. The van der Waals surface area contributed by atoms with Gasteiger partial charge in [0.15, 0.2) is 17.8 Å². The van der Waals surface area contributed by atoms with Crippen molar-refractivity contribution < 1.29 is 47.5 Å². The molecule has 286 valence electrons. The van der Waals surface area contributed by atoms with E-state index in [1.165, 1.54) is 21.3 Å². The van der Waals surface area contributed by atoms with Crippen molar-refractivity contribution in [2.75, 3.05) is 55.3 Å². The van der Waals surface area contributed by atoms with Gasteiger partial charge >= 0.3 is 0 Å². The van der Waals surface area contributed by atoms with Crippen LogP contribution in [-0.4, -0.2) is 72.6 Å². The number of hydrogen-bond acceptors (Lipinski definition) is 11. The predicted octanol–water partition coefficient (Wildman–Crippen LogP) is 8.69. The first-order valence-electron chi connectivity index (χ1n) is 16.5. The average Bonchev–Trinajstić information content (AvgIpc) is 3.16. The lowest BCUT2D eigenvalue weighted by molar-refractivity contribution is -0.124. The van der Waals surface area contributed by atoms with E-state index in [1.54, 1.807) is 65.3 Å². The summed E-state index contributed by atoms with van der Waals surface area (Å²) in [6.45, 7) is 13.7. The second-order valence-corrected chi connectivity index (χ2v) is 12.3. The summed E-state index contributed by atoms with van der Waals surface area (Å²) in [7, 11) is 7.73. The summed E-state index contributed by atoms with van der Waals surface area (Å²) in [5.41, 5.74) is 1.99. The molecule has 1 atom stereocenters. The molecule has 0 saturated carbocycles. The molecule has 0 aromatic heterocycles. The van der Waals surface area contributed by atoms with Crippen molar-refractivity contribution in [2.45, 2.75) is 47.0 Å². The molecular formula is C39H52ClNO10S. The van der Waals surface area contributed by atoms with Crippen molar-refractivity contribution in [1.29, 1.82) is 0 Å². The SMILES string of the molecule is C=C.CCC/C(=C(\C=O)SC(=O)NC)c1ccc(OCCOC2=C(/C(C)=C/C(OC)=C(\C)OC)O/C(=C/C/C(=C\COC)OC)C(C)C2=O)c(Cl)c1. The zero-order valence-corrected chi connectivity index (χ0v) is 33.2. The molecule has 1 aliphatic heterocycles. The predicted molar refractivity (Wildman–Crippen MR) is 207 cm³/mol. The van der Waals surface area contributed by atoms with E-state index in [9.17, 15) is 14.4 Å². The minimum atomic E-state index is -0.633. The van der Waals surface area contributed by atoms with Crippen LogP contribution in [0.3, 0.4) is 0 Å². The van der Waals surface area contributed by atoms with Crippen LogP contribution < -0.4 is 10.1 Å². The fourth-order valence-electron chi connectivity index (χ4n) is 4.67. The summed E-state index contributed by atoms with van der Waals surface area (Å²) in [4.78, 5) is 37.9. The van der Waals surface area contributed by atoms with Gasteiger partial charge in [-0.05, 0) is 86.0 Å². The van der Waals surface area contributed by atoms with Crippen LogP contribution in [0.5, 0.6) is 5.75 Å². The number of amides is 1. The van der Waals surface area contributed by atoms with Gasteiger partial charge in [-0.25, -0.2) is 0 Å². The Balaban J connectivity index is 0.00000664. The highest BCUT2D eigenvalue weighted by Crippen LogP contribution is 2.36. The summed E-state index contributed by atoms with van der Waals surface area (Å²) in [6.07, 6.45) is 7.71. The number of rotatable bonds is 19. The Bertz CT molecular complexity index is 1570. The van der Waals surface area contributed by atoms with Crippen molar-refractivity contribution in [2.24, 2.45) is 5.92 Å². The molecule has 1 aromatic carbocycles. The summed E-state index contributed by atoms with van der Waals surface area (Å²) >= 11 is 7.43. The first-order valence-corrected chi connectivity index (χ1v) is 17.7. The number of Topliss-reactive ketones (excluding diaryl/α,β-unsaturated/α-hetero) is 1. The smallest absolute Gasteiger partial charge is 0.283 e. The number of allylic oxidation sites excluding steroid dienone is 8. The zero-order chi connectivity index (χ0) is 39.2.